The molecular weight excluding hydrogens is 666 g/mol. The number of aromatic nitrogens is 3. The number of carboxylic acids is 1. The number of epoxide rings is 1. The Morgan fingerprint density at radius 3 is 2.35 bits per heavy atom. The topological polar surface area (TPSA) is 204 Å². The van der Waals surface area contributed by atoms with Crippen molar-refractivity contribution in [2.24, 2.45) is 5.92 Å². The Hall–Kier alpha value is -4.38. The molecule has 1 aromatic heterocycles. The van der Waals surface area contributed by atoms with Gasteiger partial charge in [0.25, 0.3) is 0 Å². The van der Waals surface area contributed by atoms with Gasteiger partial charge in [-0.05, 0) is 25.1 Å². The highest BCUT2D eigenvalue weighted by atomic mass is 16.6. The summed E-state index contributed by atoms with van der Waals surface area (Å²) < 4.78 is 26.4. The van der Waals surface area contributed by atoms with Crippen LogP contribution in [0.4, 0.5) is 0 Å². The van der Waals surface area contributed by atoms with E-state index >= 15 is 0 Å². The summed E-state index contributed by atoms with van der Waals surface area (Å²) in [6.07, 6.45) is 6.33. The van der Waals surface area contributed by atoms with Gasteiger partial charge in [0.2, 0.25) is 0 Å². The van der Waals surface area contributed by atoms with E-state index in [1.54, 1.807) is 73.7 Å². The normalized spacial score (nSPS) is 36.4. The van der Waals surface area contributed by atoms with E-state index in [4.69, 9.17) is 18.9 Å². The number of methoxy groups -OCH3 is 1. The number of para-hydroxylation sites is 1. The average molecular weight is 710 g/mol. The summed E-state index contributed by atoms with van der Waals surface area (Å²) in [6, 6.07) is 7.25. The van der Waals surface area contributed by atoms with E-state index in [0.717, 1.165) is 4.57 Å². The van der Waals surface area contributed by atoms with Crippen LogP contribution in [0.3, 0.4) is 0 Å². The molecular formula is C36H43N3O12. The van der Waals surface area contributed by atoms with Crippen LogP contribution in [-0.2, 0) is 28.5 Å². The van der Waals surface area contributed by atoms with Gasteiger partial charge in [-0.25, -0.2) is 28.3 Å². The molecule has 0 amide bonds. The number of benzene rings is 1. The van der Waals surface area contributed by atoms with Crippen LogP contribution < -0.4 is 11.4 Å². The zero-order chi connectivity index (χ0) is 36.4. The molecule has 5 heterocycles. The van der Waals surface area contributed by atoms with Gasteiger partial charge in [0.1, 0.15) is 18.1 Å². The molecule has 2 aromatic rings. The summed E-state index contributed by atoms with van der Waals surface area (Å²) in [5.41, 5.74) is -0.725. The largest absolute Gasteiger partial charge is 0.481 e. The van der Waals surface area contributed by atoms with Crippen LogP contribution in [0.25, 0.3) is 5.69 Å². The van der Waals surface area contributed by atoms with E-state index in [1.165, 1.54) is 28.6 Å². The fraction of sp³-hybridized carbons (Fsp3) is 0.500. The van der Waals surface area contributed by atoms with E-state index in [-0.39, 0.29) is 25.7 Å². The number of aliphatic hydroxyl groups is 3. The number of hydrogen-bond acceptors (Lipinski definition) is 11. The molecule has 0 spiro atoms. The van der Waals surface area contributed by atoms with Crippen molar-refractivity contribution < 1.29 is 49.0 Å². The van der Waals surface area contributed by atoms with Crippen LogP contribution in [0.5, 0.6) is 0 Å². The fourth-order valence-corrected chi connectivity index (χ4v) is 7.21. The van der Waals surface area contributed by atoms with Crippen molar-refractivity contribution in [1.82, 2.24) is 13.9 Å². The highest BCUT2D eigenvalue weighted by Crippen LogP contribution is 2.38. The molecule has 0 saturated carbocycles. The molecule has 4 aliphatic rings. The summed E-state index contributed by atoms with van der Waals surface area (Å²) >= 11 is 0. The third-order valence-electron chi connectivity index (χ3n) is 9.65. The Morgan fingerprint density at radius 1 is 0.902 bits per heavy atom. The first-order chi connectivity index (χ1) is 24.4. The number of carboxylic acid groups (broad SMARTS) is 1. The summed E-state index contributed by atoms with van der Waals surface area (Å²) in [5.74, 6) is -5.35. The molecule has 15 nitrogen and oxygen atoms in total. The number of fused-ring (bicyclic) bond motifs is 8. The number of hydrogen-bond donors (Lipinski definition) is 4. The Balaban J connectivity index is 1.33. The van der Waals surface area contributed by atoms with Crippen LogP contribution in [0.15, 0.2) is 88.5 Å². The summed E-state index contributed by atoms with van der Waals surface area (Å²) in [6.45, 7) is 1.69. The molecule has 51 heavy (non-hydrogen) atoms. The van der Waals surface area contributed by atoms with Gasteiger partial charge in [0.15, 0.2) is 5.79 Å². The second kappa shape index (κ2) is 15.1. The molecule has 0 aliphatic carbocycles. The smallest absolute Gasteiger partial charge is 0.352 e. The summed E-state index contributed by atoms with van der Waals surface area (Å²) in [7, 11) is 1.42. The fourth-order valence-electron chi connectivity index (χ4n) is 7.21. The van der Waals surface area contributed by atoms with Crippen LogP contribution in [0, 0.1) is 5.92 Å². The lowest BCUT2D eigenvalue weighted by atomic mass is 9.83. The number of aliphatic carboxylic acids is 1. The van der Waals surface area contributed by atoms with Crippen LogP contribution in [0.2, 0.25) is 0 Å². The van der Waals surface area contributed by atoms with Crippen molar-refractivity contribution in [3.63, 3.8) is 0 Å². The van der Waals surface area contributed by atoms with Crippen molar-refractivity contribution in [1.29, 1.82) is 0 Å². The molecule has 2 saturated heterocycles. The lowest BCUT2D eigenvalue weighted by Crippen LogP contribution is -2.56. The van der Waals surface area contributed by atoms with Crippen molar-refractivity contribution in [3.05, 3.63) is 99.9 Å². The average Bonchev–Trinajstić information content (AvgIpc) is 3.75. The van der Waals surface area contributed by atoms with Gasteiger partial charge in [-0.3, -0.25) is 4.79 Å². The zero-order valence-electron chi connectivity index (χ0n) is 28.2. The molecule has 274 valence electrons. The molecule has 15 heteroatoms. The molecule has 4 bridgehead atoms. The molecule has 0 radical (unpaired) electrons. The van der Waals surface area contributed by atoms with E-state index in [0.29, 0.717) is 5.69 Å². The number of allylic oxidation sites excluding steroid dienone is 5. The van der Waals surface area contributed by atoms with E-state index < -0.39 is 96.3 Å². The Bertz CT molecular complexity index is 1830. The standard InChI is InChI=1S/C36H43N3O12/c1-21-16-24-13-12-23(38-34(45)37(35(46)39(24)38)22-8-4-3-5-9-22)10-6-7-11-26(48-2)18-30-32(33(43)44)27(41)20-36(47,51-30)19-25(40)17-29-28(50-29)14-15-31(42)49-21/h3-15,21,23-30,32,40-41,47H,16-20H2,1-2H3,(H,43,44)/b10-6?,11-7?,15-14-/t21-,23-,24-,25+,26+,27+,28-,29-,30+,32-,36-/m1/s1. The molecule has 2 fully saturated rings. The first-order valence-electron chi connectivity index (χ1n) is 17.0. The van der Waals surface area contributed by atoms with Gasteiger partial charge in [-0.15, -0.1) is 0 Å². The van der Waals surface area contributed by atoms with Crippen molar-refractivity contribution in [2.45, 2.75) is 99.6 Å². The molecule has 4 aliphatic heterocycles. The molecule has 1 aromatic carbocycles. The van der Waals surface area contributed by atoms with Crippen LogP contribution in [-0.4, -0.2) is 102 Å². The van der Waals surface area contributed by atoms with Crippen molar-refractivity contribution >= 4 is 11.9 Å². The monoisotopic (exact) mass is 709 g/mol. The number of carbonyl (C=O) groups excluding carboxylic acids is 1. The maximum absolute atomic E-state index is 13.8. The summed E-state index contributed by atoms with van der Waals surface area (Å²) in [5, 5.41) is 42.8. The molecule has 6 rings (SSSR count). The minimum atomic E-state index is -2.03. The highest BCUT2D eigenvalue weighted by Gasteiger charge is 2.50. The van der Waals surface area contributed by atoms with Gasteiger partial charge in [0, 0.05) is 45.3 Å². The van der Waals surface area contributed by atoms with Gasteiger partial charge < -0.3 is 39.4 Å². The predicted molar refractivity (Wildman–Crippen MR) is 180 cm³/mol. The maximum atomic E-state index is 13.8. The highest BCUT2D eigenvalue weighted by molar-refractivity contribution is 5.82. The van der Waals surface area contributed by atoms with Crippen LogP contribution in [0.1, 0.15) is 51.1 Å². The molecule has 4 N–H and O–H groups in total. The SMILES string of the molecule is CO[C@H]1C=CC=C[C@@H]2C=C[C@H](C[C@@H](C)OC(=O)/C=C\[C@H]3O[C@@H]3C[C@H](O)C[C@]3(O)C[C@H](O)[C@@H](C(=O)O)[C@H](C1)O3)n1c(=O)n(-c3ccccc3)c(=O)n12. The minimum absolute atomic E-state index is 0.0515. The third kappa shape index (κ3) is 8.08. The molecule has 0 unspecified atom stereocenters. The van der Waals surface area contributed by atoms with E-state index in [1.807, 2.05) is 0 Å². The Kier molecular flexibility index (Phi) is 10.8. The number of rotatable bonds is 3. The van der Waals surface area contributed by atoms with E-state index in [2.05, 4.69) is 0 Å². The first kappa shape index (κ1) is 36.4. The number of ether oxygens (including phenoxy) is 4. The molecule has 11 atom stereocenters. The number of carbonyl (C=O) groups is 2. The number of nitrogens with zero attached hydrogens (tertiary/aromatic N) is 3. The van der Waals surface area contributed by atoms with Gasteiger partial charge in [-0.1, -0.05) is 54.7 Å². The Morgan fingerprint density at radius 2 is 1.63 bits per heavy atom. The zero-order valence-corrected chi connectivity index (χ0v) is 28.2. The van der Waals surface area contributed by atoms with E-state index in [9.17, 15) is 39.6 Å². The Labute approximate surface area is 292 Å². The first-order valence-corrected chi connectivity index (χ1v) is 17.0. The lowest BCUT2D eigenvalue weighted by molar-refractivity contribution is -0.300. The van der Waals surface area contributed by atoms with Gasteiger partial charge >= 0.3 is 23.3 Å². The van der Waals surface area contributed by atoms with Gasteiger partial charge in [-0.2, -0.15) is 0 Å². The number of cyclic esters (lactones) is 1. The minimum Gasteiger partial charge on any atom is -0.481 e. The lowest BCUT2D eigenvalue weighted by Gasteiger charge is -2.44. The quantitative estimate of drug-likeness (QED) is 0.202. The predicted octanol–water partition coefficient (Wildman–Crippen LogP) is 1.31. The second-order valence-corrected chi connectivity index (χ2v) is 13.5. The third-order valence-corrected chi connectivity index (χ3v) is 9.65. The summed E-state index contributed by atoms with van der Waals surface area (Å²) in [4.78, 5) is 52.5. The second-order valence-electron chi connectivity index (χ2n) is 13.5. The van der Waals surface area contributed by atoms with Crippen molar-refractivity contribution in [3.8, 4) is 5.69 Å². The van der Waals surface area contributed by atoms with Gasteiger partial charge in [0.05, 0.1) is 48.3 Å². The number of aliphatic hydroxyl groups excluding tert-OH is 2. The van der Waals surface area contributed by atoms with Crippen LogP contribution >= 0.6 is 0 Å². The number of esters is 1. The maximum Gasteiger partial charge on any atom is 0.352 e. The van der Waals surface area contributed by atoms with Crippen molar-refractivity contribution in [2.75, 3.05) is 7.11 Å².